The summed E-state index contributed by atoms with van der Waals surface area (Å²) in [5.74, 6) is 0.544. The number of nitrogens with one attached hydrogen (secondary N) is 2. The van der Waals surface area contributed by atoms with E-state index in [-0.39, 0.29) is 17.8 Å². The normalized spacial score (nSPS) is 15.2. The van der Waals surface area contributed by atoms with Gasteiger partial charge in [0.1, 0.15) is 0 Å². The number of amides is 2. The summed E-state index contributed by atoms with van der Waals surface area (Å²) >= 11 is 0. The zero-order chi connectivity index (χ0) is 21.6. The second kappa shape index (κ2) is 9.55. The molecule has 0 saturated heterocycles. The number of hydrogen-bond donors (Lipinski definition) is 3. The van der Waals surface area contributed by atoms with Crippen LogP contribution in [0.1, 0.15) is 41.3 Å². The van der Waals surface area contributed by atoms with Crippen LogP contribution in [0, 0.1) is 0 Å². The van der Waals surface area contributed by atoms with Crippen LogP contribution in [-0.4, -0.2) is 34.6 Å². The molecule has 0 radical (unpaired) electrons. The summed E-state index contributed by atoms with van der Waals surface area (Å²) in [6, 6.07) is 15.3. The molecule has 1 atom stereocenters. The molecule has 2 aromatic carbocycles. The first-order valence-electron chi connectivity index (χ1n) is 10.6. The van der Waals surface area contributed by atoms with Crippen molar-refractivity contribution in [2.45, 2.75) is 38.3 Å². The highest BCUT2D eigenvalue weighted by molar-refractivity contribution is 5.74. The maximum absolute atomic E-state index is 12.5. The Balaban J connectivity index is 1.32. The molecule has 1 aliphatic carbocycles. The number of aromatic hydroxyl groups is 1. The molecule has 2 amide bonds. The highest BCUT2D eigenvalue weighted by Crippen LogP contribution is 2.30. The van der Waals surface area contributed by atoms with Gasteiger partial charge in [-0.25, -0.2) is 4.79 Å². The van der Waals surface area contributed by atoms with E-state index in [4.69, 9.17) is 4.74 Å². The molecule has 0 aliphatic heterocycles. The molecule has 31 heavy (non-hydrogen) atoms. The van der Waals surface area contributed by atoms with Crippen molar-refractivity contribution in [1.29, 1.82) is 0 Å². The lowest BCUT2D eigenvalue weighted by Gasteiger charge is -2.24. The molecule has 3 N–H and O–H groups in total. The van der Waals surface area contributed by atoms with Gasteiger partial charge in [-0.1, -0.05) is 36.4 Å². The van der Waals surface area contributed by atoms with Crippen LogP contribution >= 0.6 is 0 Å². The molecule has 1 unspecified atom stereocenters. The molecule has 0 spiro atoms. The smallest absolute Gasteiger partial charge is 0.315 e. The van der Waals surface area contributed by atoms with Crippen molar-refractivity contribution >= 4 is 6.03 Å². The fourth-order valence-corrected chi connectivity index (χ4v) is 4.07. The minimum Gasteiger partial charge on any atom is -0.504 e. The van der Waals surface area contributed by atoms with Crippen molar-refractivity contribution in [3.63, 3.8) is 0 Å². The summed E-state index contributed by atoms with van der Waals surface area (Å²) in [6.45, 7) is 1.23. The van der Waals surface area contributed by atoms with Gasteiger partial charge in [0, 0.05) is 17.8 Å². The molecule has 0 bridgehead atoms. The molecule has 0 fully saturated rings. The summed E-state index contributed by atoms with van der Waals surface area (Å²) in [4.78, 5) is 12.5. The van der Waals surface area contributed by atoms with Gasteiger partial charge < -0.3 is 20.5 Å². The first kappa shape index (κ1) is 20.8. The molecule has 1 heterocycles. The minimum atomic E-state index is -0.181. The van der Waals surface area contributed by atoms with Gasteiger partial charge in [0.15, 0.2) is 11.5 Å². The van der Waals surface area contributed by atoms with Gasteiger partial charge in [0.05, 0.1) is 25.9 Å². The van der Waals surface area contributed by atoms with E-state index in [0.29, 0.717) is 18.7 Å². The van der Waals surface area contributed by atoms with Gasteiger partial charge in [-0.05, 0) is 48.9 Å². The Labute approximate surface area is 182 Å². The zero-order valence-electron chi connectivity index (χ0n) is 17.7. The Bertz CT molecular complexity index is 1030. The van der Waals surface area contributed by atoms with Gasteiger partial charge in [-0.15, -0.1) is 0 Å². The molecule has 0 saturated carbocycles. The van der Waals surface area contributed by atoms with E-state index >= 15 is 0 Å². The summed E-state index contributed by atoms with van der Waals surface area (Å²) in [5.41, 5.74) is 4.52. The van der Waals surface area contributed by atoms with Crippen LogP contribution in [0.15, 0.2) is 54.7 Å². The first-order valence-corrected chi connectivity index (χ1v) is 10.6. The third-order valence-electron chi connectivity index (χ3n) is 5.69. The van der Waals surface area contributed by atoms with Crippen LogP contribution in [0.2, 0.25) is 0 Å². The molecule has 3 aromatic rings. The first-order chi connectivity index (χ1) is 15.1. The lowest BCUT2D eigenvalue weighted by atomic mass is 9.93. The van der Waals surface area contributed by atoms with E-state index in [2.05, 4.69) is 32.5 Å². The van der Waals surface area contributed by atoms with Crippen molar-refractivity contribution in [1.82, 2.24) is 20.4 Å². The van der Waals surface area contributed by atoms with Gasteiger partial charge in [-0.2, -0.15) is 5.10 Å². The van der Waals surface area contributed by atoms with Crippen LogP contribution < -0.4 is 15.4 Å². The monoisotopic (exact) mass is 420 g/mol. The Morgan fingerprint density at radius 1 is 1.23 bits per heavy atom. The predicted molar refractivity (Wildman–Crippen MR) is 118 cm³/mol. The number of phenols is 1. The predicted octanol–water partition coefficient (Wildman–Crippen LogP) is 3.56. The molecule has 1 aromatic heterocycles. The second-order valence-corrected chi connectivity index (χ2v) is 7.79. The summed E-state index contributed by atoms with van der Waals surface area (Å²) in [5, 5.41) is 20.3. The van der Waals surface area contributed by atoms with Crippen LogP contribution in [-0.2, 0) is 19.4 Å². The highest BCUT2D eigenvalue weighted by Gasteiger charge is 2.25. The molecular weight excluding hydrogens is 392 g/mol. The topological polar surface area (TPSA) is 88.4 Å². The average molecular weight is 421 g/mol. The van der Waals surface area contributed by atoms with Gasteiger partial charge in [0.25, 0.3) is 0 Å². The fraction of sp³-hybridized carbons (Fsp3) is 0.333. The van der Waals surface area contributed by atoms with E-state index in [1.807, 2.05) is 30.5 Å². The van der Waals surface area contributed by atoms with Crippen LogP contribution in [0.5, 0.6) is 11.5 Å². The van der Waals surface area contributed by atoms with E-state index in [9.17, 15) is 9.90 Å². The van der Waals surface area contributed by atoms with E-state index in [1.54, 1.807) is 12.1 Å². The number of urea groups is 1. The van der Waals surface area contributed by atoms with E-state index in [0.717, 1.165) is 36.9 Å². The molecule has 162 valence electrons. The van der Waals surface area contributed by atoms with Crippen molar-refractivity contribution in [2.24, 2.45) is 0 Å². The Morgan fingerprint density at radius 2 is 2.06 bits per heavy atom. The van der Waals surface area contributed by atoms with Crippen molar-refractivity contribution in [3.05, 3.63) is 77.1 Å². The number of rotatable bonds is 7. The second-order valence-electron chi connectivity index (χ2n) is 7.79. The number of carbonyl (C=O) groups excluding carboxylic acids is 1. The standard InChI is InChI=1S/C24H28N4O3/c1-31-23-14-17(10-11-22(23)29)12-13-25-24(30)27-20-8-5-9-21-19(20)15-26-28(21)16-18-6-3-2-4-7-18/h2-4,6-7,10-11,14-15,20,29H,5,8-9,12-13,16H2,1H3,(H2,25,27,30). The number of carbonyl (C=O) groups is 1. The highest BCUT2D eigenvalue weighted by atomic mass is 16.5. The van der Waals surface area contributed by atoms with E-state index in [1.165, 1.54) is 18.4 Å². The molecular formula is C24H28N4O3. The van der Waals surface area contributed by atoms with Crippen molar-refractivity contribution in [2.75, 3.05) is 13.7 Å². The number of ether oxygens (including phenoxy) is 1. The lowest BCUT2D eigenvalue weighted by molar-refractivity contribution is 0.235. The van der Waals surface area contributed by atoms with Crippen LogP contribution in [0.25, 0.3) is 0 Å². The average Bonchev–Trinajstić information content (AvgIpc) is 3.19. The quantitative estimate of drug-likeness (QED) is 0.545. The van der Waals surface area contributed by atoms with Crippen molar-refractivity contribution in [3.8, 4) is 11.5 Å². The molecule has 7 heteroatoms. The number of hydrogen-bond acceptors (Lipinski definition) is 4. The summed E-state index contributed by atoms with van der Waals surface area (Å²) in [7, 11) is 1.52. The van der Waals surface area contributed by atoms with Gasteiger partial charge in [-0.3, -0.25) is 4.68 Å². The number of nitrogens with zero attached hydrogens (tertiary/aromatic N) is 2. The van der Waals surface area contributed by atoms with Crippen molar-refractivity contribution < 1.29 is 14.6 Å². The van der Waals surface area contributed by atoms with E-state index < -0.39 is 0 Å². The summed E-state index contributed by atoms with van der Waals surface area (Å²) in [6.07, 6.45) is 5.45. The largest absolute Gasteiger partial charge is 0.504 e. The minimum absolute atomic E-state index is 0.0259. The van der Waals surface area contributed by atoms with Gasteiger partial charge in [0.2, 0.25) is 0 Å². The van der Waals surface area contributed by atoms with Crippen LogP contribution in [0.3, 0.4) is 0 Å². The summed E-state index contributed by atoms with van der Waals surface area (Å²) < 4.78 is 7.18. The molecule has 1 aliphatic rings. The third kappa shape index (κ3) is 4.99. The Hall–Kier alpha value is -3.48. The number of methoxy groups -OCH3 is 1. The number of benzene rings is 2. The SMILES string of the molecule is COc1cc(CCNC(=O)NC2CCCc3c2cnn3Cc2ccccc2)ccc1O. The number of phenolic OH excluding ortho intramolecular Hbond substituents is 1. The molecule has 7 nitrogen and oxygen atoms in total. The number of fused-ring (bicyclic) bond motifs is 1. The lowest BCUT2D eigenvalue weighted by Crippen LogP contribution is -2.39. The molecule has 4 rings (SSSR count). The fourth-order valence-electron chi connectivity index (χ4n) is 4.07. The van der Waals surface area contributed by atoms with Crippen LogP contribution in [0.4, 0.5) is 4.79 Å². The number of aromatic nitrogens is 2. The van der Waals surface area contributed by atoms with Gasteiger partial charge >= 0.3 is 6.03 Å². The Kier molecular flexibility index (Phi) is 6.40. The zero-order valence-corrected chi connectivity index (χ0v) is 17.7. The Morgan fingerprint density at radius 3 is 2.87 bits per heavy atom. The maximum Gasteiger partial charge on any atom is 0.315 e. The third-order valence-corrected chi connectivity index (χ3v) is 5.69. The maximum atomic E-state index is 12.5.